The fraction of sp³-hybridized carbons (Fsp3) is 0.375. The second-order valence-electron chi connectivity index (χ2n) is 5.49. The minimum Gasteiger partial charge on any atom is -0.495 e. The molecule has 1 saturated heterocycles. The summed E-state index contributed by atoms with van der Waals surface area (Å²) in [6.45, 7) is 0.870. The summed E-state index contributed by atoms with van der Waals surface area (Å²) in [6, 6.07) is 7.68. The zero-order valence-electron chi connectivity index (χ0n) is 12.7. The van der Waals surface area contributed by atoms with Crippen LogP contribution in [0, 0.1) is 5.82 Å². The molecule has 0 bridgehead atoms. The first-order valence-corrected chi connectivity index (χ1v) is 9.71. The van der Waals surface area contributed by atoms with Gasteiger partial charge in [0.1, 0.15) is 16.5 Å². The van der Waals surface area contributed by atoms with Crippen LogP contribution in [0.25, 0.3) is 0 Å². The van der Waals surface area contributed by atoms with E-state index in [4.69, 9.17) is 4.74 Å². The van der Waals surface area contributed by atoms with E-state index in [1.54, 1.807) is 11.3 Å². The van der Waals surface area contributed by atoms with Crippen molar-refractivity contribution in [1.29, 1.82) is 0 Å². The van der Waals surface area contributed by atoms with Crippen LogP contribution in [0.5, 0.6) is 5.75 Å². The maximum atomic E-state index is 13.5. The monoisotopic (exact) mass is 355 g/mol. The number of hydrogen-bond donors (Lipinski definition) is 0. The van der Waals surface area contributed by atoms with E-state index in [-0.39, 0.29) is 10.6 Å². The Kier molecular flexibility index (Phi) is 4.70. The summed E-state index contributed by atoms with van der Waals surface area (Å²) in [5.41, 5.74) is 0. The molecule has 0 aliphatic carbocycles. The predicted molar refractivity (Wildman–Crippen MR) is 88.0 cm³/mol. The first-order chi connectivity index (χ1) is 11.0. The van der Waals surface area contributed by atoms with Crippen molar-refractivity contribution >= 4 is 21.4 Å². The molecule has 0 spiro atoms. The van der Waals surface area contributed by atoms with E-state index >= 15 is 0 Å². The lowest BCUT2D eigenvalue weighted by Gasteiger charge is -2.31. The van der Waals surface area contributed by atoms with Crippen molar-refractivity contribution in [3.8, 4) is 5.75 Å². The van der Waals surface area contributed by atoms with Gasteiger partial charge in [-0.2, -0.15) is 4.31 Å². The summed E-state index contributed by atoms with van der Waals surface area (Å²) in [5, 5.41) is 2.04. The van der Waals surface area contributed by atoms with Gasteiger partial charge in [0.25, 0.3) is 0 Å². The van der Waals surface area contributed by atoms with Gasteiger partial charge in [0.15, 0.2) is 0 Å². The molecule has 2 heterocycles. The third kappa shape index (κ3) is 3.27. The molecule has 1 fully saturated rings. The van der Waals surface area contributed by atoms with Crippen LogP contribution in [0.4, 0.5) is 4.39 Å². The van der Waals surface area contributed by atoms with E-state index < -0.39 is 15.8 Å². The Morgan fingerprint density at radius 3 is 2.61 bits per heavy atom. The van der Waals surface area contributed by atoms with Gasteiger partial charge in [-0.3, -0.25) is 0 Å². The lowest BCUT2D eigenvalue weighted by Crippen LogP contribution is -2.38. The molecule has 0 unspecified atom stereocenters. The summed E-state index contributed by atoms with van der Waals surface area (Å²) in [5.74, 6) is -0.0134. The van der Waals surface area contributed by atoms with E-state index in [1.807, 2.05) is 11.4 Å². The molecule has 0 radical (unpaired) electrons. The molecule has 23 heavy (non-hydrogen) atoms. The van der Waals surface area contributed by atoms with Crippen LogP contribution >= 0.6 is 11.3 Å². The van der Waals surface area contributed by atoms with Gasteiger partial charge in [-0.15, -0.1) is 11.3 Å². The van der Waals surface area contributed by atoms with E-state index in [0.717, 1.165) is 18.9 Å². The van der Waals surface area contributed by atoms with Gasteiger partial charge >= 0.3 is 0 Å². The van der Waals surface area contributed by atoms with Crippen LogP contribution in [-0.4, -0.2) is 32.9 Å². The molecule has 0 saturated carbocycles. The molecule has 1 aromatic carbocycles. The van der Waals surface area contributed by atoms with Crippen LogP contribution in [0.2, 0.25) is 0 Å². The molecule has 1 aliphatic rings. The first kappa shape index (κ1) is 16.4. The maximum absolute atomic E-state index is 13.5. The number of methoxy groups -OCH3 is 1. The number of benzene rings is 1. The smallest absolute Gasteiger partial charge is 0.246 e. The Morgan fingerprint density at radius 2 is 2.00 bits per heavy atom. The number of ether oxygens (including phenoxy) is 1. The van der Waals surface area contributed by atoms with Crippen molar-refractivity contribution in [2.45, 2.75) is 23.7 Å². The van der Waals surface area contributed by atoms with Crippen LogP contribution in [0.1, 0.15) is 23.6 Å². The van der Waals surface area contributed by atoms with Gasteiger partial charge in [-0.25, -0.2) is 12.8 Å². The number of nitrogens with zero attached hydrogens (tertiary/aromatic N) is 1. The largest absolute Gasteiger partial charge is 0.495 e. The number of sulfonamides is 1. The highest BCUT2D eigenvalue weighted by molar-refractivity contribution is 7.89. The molecule has 1 aliphatic heterocycles. The minimum atomic E-state index is -3.75. The topological polar surface area (TPSA) is 46.6 Å². The highest BCUT2D eigenvalue weighted by Crippen LogP contribution is 2.34. The fourth-order valence-electron chi connectivity index (χ4n) is 2.90. The average Bonchev–Trinajstić information content (AvgIpc) is 3.09. The highest BCUT2D eigenvalue weighted by atomic mass is 32.2. The summed E-state index contributed by atoms with van der Waals surface area (Å²) < 4.78 is 45.6. The Balaban J connectivity index is 1.81. The molecular weight excluding hydrogens is 337 g/mol. The third-order valence-electron chi connectivity index (χ3n) is 4.14. The molecule has 0 N–H and O–H groups in total. The normalized spacial score (nSPS) is 17.3. The van der Waals surface area contributed by atoms with Crippen molar-refractivity contribution in [3.05, 3.63) is 46.4 Å². The number of thiophene rings is 1. The first-order valence-electron chi connectivity index (χ1n) is 7.39. The van der Waals surface area contributed by atoms with E-state index in [0.29, 0.717) is 19.0 Å². The molecule has 1 aromatic heterocycles. The fourth-order valence-corrected chi connectivity index (χ4v) is 5.43. The lowest BCUT2D eigenvalue weighted by atomic mass is 9.97. The standard InChI is InChI=1S/C16H18FNO3S2/c1-21-14-5-4-13(17)11-16(14)23(19,20)18-8-6-12(7-9-18)15-3-2-10-22-15/h2-5,10-12H,6-9H2,1H3. The second-order valence-corrected chi connectivity index (χ2v) is 8.37. The molecule has 124 valence electrons. The third-order valence-corrected chi connectivity index (χ3v) is 7.10. The predicted octanol–water partition coefficient (Wildman–Crippen LogP) is 3.46. The van der Waals surface area contributed by atoms with Crippen LogP contribution < -0.4 is 4.74 Å². The zero-order chi connectivity index (χ0) is 16.4. The van der Waals surface area contributed by atoms with Gasteiger partial charge in [0.05, 0.1) is 7.11 Å². The van der Waals surface area contributed by atoms with E-state index in [9.17, 15) is 12.8 Å². The number of hydrogen-bond acceptors (Lipinski definition) is 4. The summed E-state index contributed by atoms with van der Waals surface area (Å²) in [4.78, 5) is 1.19. The van der Waals surface area contributed by atoms with Gasteiger partial charge in [0, 0.05) is 18.0 Å². The number of halogens is 1. The molecule has 0 amide bonds. The minimum absolute atomic E-state index is 0.102. The number of piperidine rings is 1. The average molecular weight is 355 g/mol. The van der Waals surface area contributed by atoms with Gasteiger partial charge < -0.3 is 4.74 Å². The molecular formula is C16H18FNO3S2. The van der Waals surface area contributed by atoms with Gasteiger partial charge in [0.2, 0.25) is 10.0 Å². The second kappa shape index (κ2) is 6.59. The summed E-state index contributed by atoms with van der Waals surface area (Å²) in [7, 11) is -2.36. The molecule has 0 atom stereocenters. The van der Waals surface area contributed by atoms with Crippen molar-refractivity contribution in [1.82, 2.24) is 4.31 Å². The molecule has 3 rings (SSSR count). The van der Waals surface area contributed by atoms with Crippen LogP contribution in [0.15, 0.2) is 40.6 Å². The van der Waals surface area contributed by atoms with Crippen molar-refractivity contribution in [2.75, 3.05) is 20.2 Å². The van der Waals surface area contributed by atoms with E-state index in [1.165, 1.54) is 28.4 Å². The Morgan fingerprint density at radius 1 is 1.26 bits per heavy atom. The van der Waals surface area contributed by atoms with Crippen LogP contribution in [-0.2, 0) is 10.0 Å². The number of rotatable bonds is 4. The Bertz CT molecular complexity index is 767. The summed E-state index contributed by atoms with van der Waals surface area (Å²) in [6.07, 6.45) is 1.55. The lowest BCUT2D eigenvalue weighted by molar-refractivity contribution is 0.319. The quantitative estimate of drug-likeness (QED) is 0.844. The van der Waals surface area contributed by atoms with E-state index in [2.05, 4.69) is 6.07 Å². The van der Waals surface area contributed by atoms with Gasteiger partial charge in [-0.05, 0) is 48.4 Å². The Labute approximate surface area is 139 Å². The van der Waals surface area contributed by atoms with Crippen LogP contribution in [0.3, 0.4) is 0 Å². The maximum Gasteiger partial charge on any atom is 0.246 e. The molecule has 2 aromatic rings. The van der Waals surface area contributed by atoms with Crippen molar-refractivity contribution in [3.63, 3.8) is 0 Å². The SMILES string of the molecule is COc1ccc(F)cc1S(=O)(=O)N1CCC(c2cccs2)CC1. The van der Waals surface area contributed by atoms with Crippen molar-refractivity contribution < 1.29 is 17.5 Å². The highest BCUT2D eigenvalue weighted by Gasteiger charge is 2.32. The van der Waals surface area contributed by atoms with Crippen molar-refractivity contribution in [2.24, 2.45) is 0 Å². The Hall–Kier alpha value is -1.44. The van der Waals surface area contributed by atoms with Gasteiger partial charge in [-0.1, -0.05) is 6.07 Å². The molecule has 7 heteroatoms. The summed E-state index contributed by atoms with van der Waals surface area (Å²) >= 11 is 1.71. The zero-order valence-corrected chi connectivity index (χ0v) is 14.4. The molecule has 4 nitrogen and oxygen atoms in total.